The van der Waals surface area contributed by atoms with E-state index in [0.717, 1.165) is 6.61 Å². The van der Waals surface area contributed by atoms with Gasteiger partial charge in [0.25, 0.3) is 0 Å². The Morgan fingerprint density at radius 1 is 1.13 bits per heavy atom. The molecule has 0 spiro atoms. The lowest BCUT2D eigenvalue weighted by atomic mass is 10.1. The van der Waals surface area contributed by atoms with Crippen molar-refractivity contribution in [2.45, 2.75) is 6.92 Å². The molecule has 0 amide bonds. The van der Waals surface area contributed by atoms with Gasteiger partial charge in [0, 0.05) is 23.8 Å². The van der Waals surface area contributed by atoms with Crippen LogP contribution in [0.15, 0.2) is 64.0 Å². The highest BCUT2D eigenvalue weighted by Gasteiger charge is 2.14. The summed E-state index contributed by atoms with van der Waals surface area (Å²) in [5, 5.41) is 10.2. The van der Waals surface area contributed by atoms with E-state index in [-0.39, 0.29) is 35.7 Å². The van der Waals surface area contributed by atoms with E-state index in [2.05, 4.69) is 4.74 Å². The van der Waals surface area contributed by atoms with Crippen LogP contribution in [0.25, 0.3) is 22.3 Å². The number of aromatic hydroxyl groups is 1. The summed E-state index contributed by atoms with van der Waals surface area (Å²) in [6.45, 7) is 2.43. The molecule has 1 aromatic heterocycles. The first kappa shape index (κ1) is 21.8. The fourth-order valence-corrected chi connectivity index (χ4v) is 2.67. The number of rotatable bonds is 6. The summed E-state index contributed by atoms with van der Waals surface area (Å²) in [6.07, 6.45) is 3.64. The molecule has 0 saturated heterocycles. The molecule has 0 fully saturated rings. The Morgan fingerprint density at radius 3 is 2.39 bits per heavy atom. The summed E-state index contributed by atoms with van der Waals surface area (Å²) >= 11 is 0. The van der Waals surface area contributed by atoms with E-state index in [1.165, 1.54) is 18.2 Å². The molecule has 2 aromatic carbocycles. The van der Waals surface area contributed by atoms with Crippen molar-refractivity contribution in [1.82, 2.24) is 0 Å². The van der Waals surface area contributed by atoms with Crippen molar-refractivity contribution >= 4 is 16.9 Å². The van der Waals surface area contributed by atoms with E-state index >= 15 is 0 Å². The van der Waals surface area contributed by atoms with Gasteiger partial charge in [-0.3, -0.25) is 4.79 Å². The number of methoxy groups -OCH3 is 1. The molecule has 3 aromatic rings. The molecule has 8 nitrogen and oxygen atoms in total. The summed E-state index contributed by atoms with van der Waals surface area (Å²) in [6, 6.07) is 11.0. The maximum absolute atomic E-state index is 12.4. The number of esters is 1. The Balaban J connectivity index is 0.000000610. The molecule has 0 radical (unpaired) electrons. The van der Waals surface area contributed by atoms with Crippen LogP contribution in [0.5, 0.6) is 17.2 Å². The molecule has 4 rings (SSSR count). The third kappa shape index (κ3) is 5.57. The van der Waals surface area contributed by atoms with Crippen molar-refractivity contribution in [3.8, 4) is 28.6 Å². The number of hydrogen-bond acceptors (Lipinski definition) is 8. The third-order valence-corrected chi connectivity index (χ3v) is 4.20. The Labute approximate surface area is 178 Å². The molecule has 0 unspecified atom stereocenters. The van der Waals surface area contributed by atoms with Gasteiger partial charge in [0.15, 0.2) is 12.0 Å². The normalized spacial score (nSPS) is 11.5. The molecule has 0 aliphatic carbocycles. The highest BCUT2D eigenvalue weighted by molar-refractivity contribution is 5.86. The molecule has 1 N–H and O–H groups in total. The molecule has 0 bridgehead atoms. The van der Waals surface area contributed by atoms with E-state index in [0.29, 0.717) is 17.1 Å². The van der Waals surface area contributed by atoms with Gasteiger partial charge in [0.1, 0.15) is 40.6 Å². The van der Waals surface area contributed by atoms with Crippen LogP contribution in [-0.4, -0.2) is 38.0 Å². The highest BCUT2D eigenvalue weighted by atomic mass is 16.6. The standard InChI is InChI=1S/C20H18O7.C3H4O/c1-3-25-19(23)11-26-14-8-15(21)20-16(22)10-17(27-18(20)9-14)12-4-6-13(24-2)7-5-12;1-2-4-3-1/h4-10,21H,3,11H2,1-2H3;1-2H,3H2. The minimum Gasteiger partial charge on any atom is -0.507 e. The number of carbonyl (C=O) groups is 1. The van der Waals surface area contributed by atoms with Gasteiger partial charge >= 0.3 is 5.97 Å². The third-order valence-electron chi connectivity index (χ3n) is 4.20. The van der Waals surface area contributed by atoms with E-state index in [9.17, 15) is 14.7 Å². The van der Waals surface area contributed by atoms with Crippen LogP contribution in [0.2, 0.25) is 0 Å². The number of fused-ring (bicyclic) bond motifs is 1. The molecule has 0 atom stereocenters. The van der Waals surface area contributed by atoms with Crippen molar-refractivity contribution < 1.29 is 33.3 Å². The SMILES string of the molecule is C1=COC1.CCOC(=O)COc1cc(O)c2c(=O)cc(-c3ccc(OC)cc3)oc2c1. The van der Waals surface area contributed by atoms with Gasteiger partial charge in [-0.2, -0.15) is 0 Å². The minimum atomic E-state index is -0.537. The molecule has 1 aliphatic rings. The fraction of sp³-hybridized carbons (Fsp3) is 0.217. The summed E-state index contributed by atoms with van der Waals surface area (Å²) in [4.78, 5) is 23.8. The van der Waals surface area contributed by atoms with Crippen molar-refractivity contribution in [2.75, 3.05) is 26.9 Å². The number of ether oxygens (including phenoxy) is 4. The molecule has 31 heavy (non-hydrogen) atoms. The molecular weight excluding hydrogens is 404 g/mol. The zero-order valence-electron chi connectivity index (χ0n) is 17.1. The highest BCUT2D eigenvalue weighted by Crippen LogP contribution is 2.31. The van der Waals surface area contributed by atoms with E-state index in [4.69, 9.17) is 18.6 Å². The summed E-state index contributed by atoms with van der Waals surface area (Å²) in [5.74, 6) is 0.362. The van der Waals surface area contributed by atoms with Crippen molar-refractivity contribution in [3.05, 3.63) is 65.0 Å². The second-order valence-corrected chi connectivity index (χ2v) is 6.32. The minimum absolute atomic E-state index is 0.0377. The Hall–Kier alpha value is -3.94. The first-order valence-corrected chi connectivity index (χ1v) is 9.52. The average molecular weight is 426 g/mol. The van der Waals surface area contributed by atoms with E-state index < -0.39 is 11.4 Å². The van der Waals surface area contributed by atoms with Gasteiger partial charge in [0.05, 0.1) is 20.0 Å². The monoisotopic (exact) mass is 426 g/mol. The van der Waals surface area contributed by atoms with Gasteiger partial charge in [-0.1, -0.05) is 0 Å². The maximum atomic E-state index is 12.4. The molecule has 8 heteroatoms. The van der Waals surface area contributed by atoms with Crippen molar-refractivity contribution in [2.24, 2.45) is 0 Å². The Bertz CT molecular complexity index is 1120. The van der Waals surface area contributed by atoms with E-state index in [1.54, 1.807) is 44.6 Å². The van der Waals surface area contributed by atoms with Crippen molar-refractivity contribution in [1.29, 1.82) is 0 Å². The number of benzene rings is 2. The van der Waals surface area contributed by atoms with Crippen LogP contribution in [0.1, 0.15) is 6.92 Å². The van der Waals surface area contributed by atoms with Crippen LogP contribution >= 0.6 is 0 Å². The number of phenols is 1. The smallest absolute Gasteiger partial charge is 0.344 e. The van der Waals surface area contributed by atoms with Crippen LogP contribution in [-0.2, 0) is 14.3 Å². The molecule has 0 saturated carbocycles. The first-order valence-electron chi connectivity index (χ1n) is 9.52. The quantitative estimate of drug-likeness (QED) is 0.596. The number of phenolic OH excluding ortho intramolecular Hbond substituents is 1. The summed E-state index contributed by atoms with van der Waals surface area (Å²) in [7, 11) is 1.56. The van der Waals surface area contributed by atoms with Crippen LogP contribution < -0.4 is 14.9 Å². The van der Waals surface area contributed by atoms with Crippen LogP contribution in [0, 0.1) is 0 Å². The second-order valence-electron chi connectivity index (χ2n) is 6.32. The lowest BCUT2D eigenvalue weighted by Gasteiger charge is -2.09. The van der Waals surface area contributed by atoms with Gasteiger partial charge < -0.3 is 28.5 Å². The summed E-state index contributed by atoms with van der Waals surface area (Å²) in [5.41, 5.74) is 0.427. The predicted molar refractivity (Wildman–Crippen MR) is 113 cm³/mol. The number of hydrogen-bond donors (Lipinski definition) is 1. The zero-order valence-corrected chi connectivity index (χ0v) is 17.1. The molecule has 1 aliphatic heterocycles. The van der Waals surface area contributed by atoms with Gasteiger partial charge in [0.2, 0.25) is 0 Å². The fourth-order valence-electron chi connectivity index (χ4n) is 2.67. The van der Waals surface area contributed by atoms with Gasteiger partial charge in [-0.25, -0.2) is 4.79 Å². The van der Waals surface area contributed by atoms with Crippen molar-refractivity contribution in [3.63, 3.8) is 0 Å². The molecular formula is C23H22O8. The molecule has 162 valence electrons. The maximum Gasteiger partial charge on any atom is 0.344 e. The first-order chi connectivity index (χ1) is 15.0. The Morgan fingerprint density at radius 2 is 1.81 bits per heavy atom. The lowest BCUT2D eigenvalue weighted by Crippen LogP contribution is -2.14. The predicted octanol–water partition coefficient (Wildman–Crippen LogP) is 3.65. The van der Waals surface area contributed by atoms with Crippen LogP contribution in [0.4, 0.5) is 0 Å². The Kier molecular flexibility index (Phi) is 7.16. The lowest BCUT2D eigenvalue weighted by molar-refractivity contribution is -0.145. The second kappa shape index (κ2) is 10.2. The zero-order chi connectivity index (χ0) is 22.2. The van der Waals surface area contributed by atoms with Gasteiger partial charge in [-0.05, 0) is 37.3 Å². The average Bonchev–Trinajstić information content (AvgIpc) is 2.71. The topological polar surface area (TPSA) is 104 Å². The van der Waals surface area contributed by atoms with Gasteiger partial charge in [-0.15, -0.1) is 0 Å². The van der Waals surface area contributed by atoms with E-state index in [1.807, 2.05) is 6.08 Å². The summed E-state index contributed by atoms with van der Waals surface area (Å²) < 4.78 is 25.5. The number of carbonyl (C=O) groups excluding carboxylic acids is 1. The van der Waals surface area contributed by atoms with Crippen LogP contribution in [0.3, 0.4) is 0 Å². The largest absolute Gasteiger partial charge is 0.507 e. The molecule has 2 heterocycles.